The summed E-state index contributed by atoms with van der Waals surface area (Å²) in [6, 6.07) is 10.2. The standard InChI is InChI=1S/C15H14FN3O/c1-15(2,17)14-18-13(19-20-14)11-7-8-12(16)10-6-4-3-5-9(10)11/h3-8H,17H2,1-2H3. The highest BCUT2D eigenvalue weighted by Crippen LogP contribution is 2.29. The zero-order valence-electron chi connectivity index (χ0n) is 11.2. The molecular formula is C15H14FN3O. The molecular weight excluding hydrogens is 257 g/mol. The summed E-state index contributed by atoms with van der Waals surface area (Å²) in [5.74, 6) is 0.489. The molecule has 5 heteroatoms. The van der Waals surface area contributed by atoms with Gasteiger partial charge < -0.3 is 10.3 Å². The molecule has 0 atom stereocenters. The third-order valence-electron chi connectivity index (χ3n) is 3.09. The lowest BCUT2D eigenvalue weighted by Crippen LogP contribution is -2.28. The molecule has 0 unspecified atom stereocenters. The first-order chi connectivity index (χ1) is 9.47. The molecule has 4 nitrogen and oxygen atoms in total. The van der Waals surface area contributed by atoms with Gasteiger partial charge in [-0.15, -0.1) is 0 Å². The number of rotatable bonds is 2. The van der Waals surface area contributed by atoms with Crippen molar-refractivity contribution < 1.29 is 8.91 Å². The number of halogens is 1. The number of hydrogen-bond acceptors (Lipinski definition) is 4. The molecule has 0 aliphatic rings. The van der Waals surface area contributed by atoms with E-state index in [0.717, 1.165) is 10.9 Å². The van der Waals surface area contributed by atoms with Crippen LogP contribution in [0.5, 0.6) is 0 Å². The van der Waals surface area contributed by atoms with Crippen molar-refractivity contribution in [2.45, 2.75) is 19.4 Å². The molecule has 0 fully saturated rings. The molecule has 0 aliphatic heterocycles. The predicted molar refractivity (Wildman–Crippen MR) is 74.4 cm³/mol. The number of fused-ring (bicyclic) bond motifs is 1. The largest absolute Gasteiger partial charge is 0.337 e. The smallest absolute Gasteiger partial charge is 0.246 e. The molecule has 0 radical (unpaired) electrons. The molecule has 20 heavy (non-hydrogen) atoms. The van der Waals surface area contributed by atoms with Crippen LogP contribution < -0.4 is 5.73 Å². The van der Waals surface area contributed by atoms with Crippen molar-refractivity contribution in [2.24, 2.45) is 5.73 Å². The Hall–Kier alpha value is -2.27. The zero-order chi connectivity index (χ0) is 14.3. The van der Waals surface area contributed by atoms with Gasteiger partial charge in [-0.1, -0.05) is 29.4 Å². The summed E-state index contributed by atoms with van der Waals surface area (Å²) in [5.41, 5.74) is 5.94. The van der Waals surface area contributed by atoms with Crippen LogP contribution >= 0.6 is 0 Å². The average Bonchev–Trinajstić information content (AvgIpc) is 2.89. The Bertz CT molecular complexity index is 774. The second kappa shape index (κ2) is 4.38. The first-order valence-electron chi connectivity index (χ1n) is 6.27. The van der Waals surface area contributed by atoms with Gasteiger partial charge in [-0.25, -0.2) is 4.39 Å². The second-order valence-electron chi connectivity index (χ2n) is 5.29. The predicted octanol–water partition coefficient (Wildman–Crippen LogP) is 3.22. The molecule has 1 heterocycles. The fraction of sp³-hybridized carbons (Fsp3) is 0.200. The van der Waals surface area contributed by atoms with E-state index in [4.69, 9.17) is 10.3 Å². The highest BCUT2D eigenvalue weighted by Gasteiger charge is 2.23. The van der Waals surface area contributed by atoms with Gasteiger partial charge in [0.25, 0.3) is 0 Å². The highest BCUT2D eigenvalue weighted by molar-refractivity contribution is 5.95. The van der Waals surface area contributed by atoms with Crippen molar-refractivity contribution in [3.8, 4) is 11.4 Å². The van der Waals surface area contributed by atoms with Crippen LogP contribution in [0, 0.1) is 5.82 Å². The van der Waals surface area contributed by atoms with Crippen molar-refractivity contribution in [3.63, 3.8) is 0 Å². The maximum Gasteiger partial charge on any atom is 0.246 e. The third kappa shape index (κ3) is 2.06. The minimum atomic E-state index is -0.707. The van der Waals surface area contributed by atoms with Crippen molar-refractivity contribution in [2.75, 3.05) is 0 Å². The van der Waals surface area contributed by atoms with E-state index >= 15 is 0 Å². The van der Waals surface area contributed by atoms with Gasteiger partial charge in [-0.2, -0.15) is 4.98 Å². The van der Waals surface area contributed by atoms with Crippen LogP contribution in [0.15, 0.2) is 40.9 Å². The van der Waals surface area contributed by atoms with Crippen LogP contribution in [-0.4, -0.2) is 10.1 Å². The van der Waals surface area contributed by atoms with E-state index in [2.05, 4.69) is 10.1 Å². The van der Waals surface area contributed by atoms with Crippen molar-refractivity contribution in [3.05, 3.63) is 48.1 Å². The molecule has 2 N–H and O–H groups in total. The van der Waals surface area contributed by atoms with E-state index in [1.807, 2.05) is 12.1 Å². The molecule has 1 aromatic heterocycles. The summed E-state index contributed by atoms with van der Waals surface area (Å²) >= 11 is 0. The van der Waals surface area contributed by atoms with Crippen LogP contribution in [0.25, 0.3) is 22.2 Å². The maximum atomic E-state index is 13.8. The number of nitrogens with two attached hydrogens (primary N) is 1. The van der Waals surface area contributed by atoms with E-state index in [-0.39, 0.29) is 5.82 Å². The number of nitrogens with zero attached hydrogens (tertiary/aromatic N) is 2. The van der Waals surface area contributed by atoms with Crippen LogP contribution in [0.1, 0.15) is 19.7 Å². The maximum absolute atomic E-state index is 13.8. The number of aromatic nitrogens is 2. The summed E-state index contributed by atoms with van der Waals surface area (Å²) in [7, 11) is 0. The van der Waals surface area contributed by atoms with Gasteiger partial charge in [0.15, 0.2) is 0 Å². The van der Waals surface area contributed by atoms with Crippen LogP contribution in [0.4, 0.5) is 4.39 Å². The van der Waals surface area contributed by atoms with Gasteiger partial charge >= 0.3 is 0 Å². The fourth-order valence-electron chi connectivity index (χ4n) is 2.05. The van der Waals surface area contributed by atoms with Crippen molar-refractivity contribution >= 4 is 10.8 Å². The van der Waals surface area contributed by atoms with Gasteiger partial charge in [0.05, 0.1) is 5.54 Å². The fourth-order valence-corrected chi connectivity index (χ4v) is 2.05. The van der Waals surface area contributed by atoms with Gasteiger partial charge in [0, 0.05) is 10.9 Å². The highest BCUT2D eigenvalue weighted by atomic mass is 19.1. The molecule has 0 saturated heterocycles. The summed E-state index contributed by atoms with van der Waals surface area (Å²) in [6.07, 6.45) is 0. The molecule has 0 amide bonds. The van der Waals surface area contributed by atoms with Gasteiger partial charge in [0.1, 0.15) is 5.82 Å². The molecule has 2 aromatic carbocycles. The van der Waals surface area contributed by atoms with Gasteiger partial charge in [0.2, 0.25) is 11.7 Å². The molecule has 0 spiro atoms. The summed E-state index contributed by atoms with van der Waals surface area (Å²) in [6.45, 7) is 3.57. The topological polar surface area (TPSA) is 64.9 Å². The third-order valence-corrected chi connectivity index (χ3v) is 3.09. The van der Waals surface area contributed by atoms with E-state index in [9.17, 15) is 4.39 Å². The van der Waals surface area contributed by atoms with Crippen molar-refractivity contribution in [1.29, 1.82) is 0 Å². The Morgan fingerprint density at radius 3 is 2.45 bits per heavy atom. The van der Waals surface area contributed by atoms with Gasteiger partial charge in [-0.05, 0) is 31.4 Å². The van der Waals surface area contributed by atoms with Crippen LogP contribution in [0.3, 0.4) is 0 Å². The molecule has 3 aromatic rings. The Balaban J connectivity index is 2.20. The zero-order valence-corrected chi connectivity index (χ0v) is 11.2. The second-order valence-corrected chi connectivity index (χ2v) is 5.29. The summed E-state index contributed by atoms with van der Waals surface area (Å²) < 4.78 is 19.0. The Morgan fingerprint density at radius 1 is 1.10 bits per heavy atom. The van der Waals surface area contributed by atoms with E-state index in [1.165, 1.54) is 6.07 Å². The Kier molecular flexibility index (Phi) is 2.79. The molecule has 0 saturated carbocycles. The quantitative estimate of drug-likeness (QED) is 0.777. The lowest BCUT2D eigenvalue weighted by Gasteiger charge is -2.10. The number of hydrogen-bond donors (Lipinski definition) is 1. The van der Waals surface area contributed by atoms with E-state index in [0.29, 0.717) is 17.1 Å². The lowest BCUT2D eigenvalue weighted by atomic mass is 10.0. The Morgan fingerprint density at radius 2 is 1.80 bits per heavy atom. The van der Waals surface area contributed by atoms with E-state index in [1.54, 1.807) is 32.0 Å². The summed E-state index contributed by atoms with van der Waals surface area (Å²) in [4.78, 5) is 4.31. The average molecular weight is 271 g/mol. The minimum absolute atomic E-state index is 0.271. The lowest BCUT2D eigenvalue weighted by molar-refractivity contribution is 0.312. The molecule has 0 bridgehead atoms. The molecule has 3 rings (SSSR count). The molecule has 102 valence electrons. The molecule has 0 aliphatic carbocycles. The van der Waals surface area contributed by atoms with Gasteiger partial charge in [-0.3, -0.25) is 0 Å². The normalized spacial score (nSPS) is 12.0. The van der Waals surface area contributed by atoms with Crippen LogP contribution in [-0.2, 0) is 5.54 Å². The minimum Gasteiger partial charge on any atom is -0.337 e. The first kappa shape index (κ1) is 12.7. The monoisotopic (exact) mass is 271 g/mol. The van der Waals surface area contributed by atoms with E-state index < -0.39 is 5.54 Å². The van der Waals surface area contributed by atoms with Crippen LogP contribution in [0.2, 0.25) is 0 Å². The number of benzene rings is 2. The summed E-state index contributed by atoms with van der Waals surface area (Å²) in [5, 5.41) is 5.22. The SMILES string of the molecule is CC(C)(N)c1nc(-c2ccc(F)c3ccccc23)no1. The van der Waals surface area contributed by atoms with Crippen molar-refractivity contribution in [1.82, 2.24) is 10.1 Å². The first-order valence-corrected chi connectivity index (χ1v) is 6.27. The Labute approximate surface area is 115 Å².